The number of pyridine rings is 1. The van der Waals surface area contributed by atoms with Crippen LogP contribution in [0, 0.1) is 0 Å². The minimum atomic E-state index is -0.865. The van der Waals surface area contributed by atoms with Gasteiger partial charge in [0, 0.05) is 17.0 Å². The third-order valence-electron chi connectivity index (χ3n) is 3.61. The summed E-state index contributed by atoms with van der Waals surface area (Å²) in [6.45, 7) is 0.332. The van der Waals surface area contributed by atoms with Crippen molar-refractivity contribution in [3.8, 4) is 5.75 Å². The van der Waals surface area contributed by atoms with Crippen molar-refractivity contribution in [1.29, 1.82) is 0 Å². The van der Waals surface area contributed by atoms with Gasteiger partial charge in [-0.2, -0.15) is 0 Å². The van der Waals surface area contributed by atoms with Gasteiger partial charge in [0.2, 0.25) is 5.56 Å². The van der Waals surface area contributed by atoms with Crippen LogP contribution >= 0.6 is 11.6 Å². The fourth-order valence-corrected chi connectivity index (χ4v) is 2.61. The molecule has 5 heteroatoms. The molecule has 0 aliphatic heterocycles. The maximum absolute atomic E-state index is 11.7. The molecule has 0 saturated heterocycles. The van der Waals surface area contributed by atoms with Crippen molar-refractivity contribution < 1.29 is 9.84 Å². The fourth-order valence-electron chi connectivity index (χ4n) is 2.44. The van der Waals surface area contributed by atoms with Crippen LogP contribution in [0.5, 0.6) is 5.75 Å². The number of hydrogen-bond donors (Lipinski definition) is 2. The van der Waals surface area contributed by atoms with E-state index in [2.05, 4.69) is 4.98 Å². The molecule has 23 heavy (non-hydrogen) atoms. The van der Waals surface area contributed by atoms with Gasteiger partial charge in [-0.1, -0.05) is 42.5 Å². The number of aromatic nitrogens is 1. The number of H-pyrrole nitrogens is 1. The van der Waals surface area contributed by atoms with Gasteiger partial charge in [0.25, 0.3) is 0 Å². The lowest BCUT2D eigenvalue weighted by Gasteiger charge is -2.17. The van der Waals surface area contributed by atoms with Gasteiger partial charge >= 0.3 is 0 Å². The maximum Gasteiger partial charge on any atom is 0.248 e. The van der Waals surface area contributed by atoms with Gasteiger partial charge in [-0.05, 0) is 11.6 Å². The van der Waals surface area contributed by atoms with Crippen molar-refractivity contribution >= 4 is 22.5 Å². The van der Waals surface area contributed by atoms with Crippen molar-refractivity contribution in [2.75, 3.05) is 5.88 Å². The fraction of sp³-hybridized carbons (Fsp3) is 0.167. The monoisotopic (exact) mass is 329 g/mol. The Labute approximate surface area is 138 Å². The Balaban J connectivity index is 2.06. The lowest BCUT2D eigenvalue weighted by Crippen LogP contribution is -2.08. The number of nitrogens with one attached hydrogen (secondary N) is 1. The number of aliphatic hydroxyl groups is 1. The van der Waals surface area contributed by atoms with Crippen LogP contribution in [-0.4, -0.2) is 16.0 Å². The highest BCUT2D eigenvalue weighted by Crippen LogP contribution is 2.33. The minimum absolute atomic E-state index is 0.0459. The maximum atomic E-state index is 11.7. The van der Waals surface area contributed by atoms with E-state index in [4.69, 9.17) is 16.3 Å². The number of halogens is 1. The van der Waals surface area contributed by atoms with Crippen molar-refractivity contribution in [3.05, 3.63) is 76.1 Å². The van der Waals surface area contributed by atoms with Crippen molar-refractivity contribution in [1.82, 2.24) is 4.98 Å². The summed E-state index contributed by atoms with van der Waals surface area (Å²) in [7, 11) is 0. The van der Waals surface area contributed by atoms with E-state index in [9.17, 15) is 9.90 Å². The summed E-state index contributed by atoms with van der Waals surface area (Å²) in [5.74, 6) is 0.502. The molecule has 2 N–H and O–H groups in total. The molecule has 3 rings (SSSR count). The highest BCUT2D eigenvalue weighted by Gasteiger charge is 2.16. The first-order valence-corrected chi connectivity index (χ1v) is 7.79. The molecule has 3 aromatic rings. The van der Waals surface area contributed by atoms with Crippen molar-refractivity contribution in [3.63, 3.8) is 0 Å². The van der Waals surface area contributed by atoms with E-state index in [0.717, 1.165) is 10.9 Å². The second-order valence-corrected chi connectivity index (χ2v) is 5.52. The van der Waals surface area contributed by atoms with Crippen LogP contribution in [0.2, 0.25) is 0 Å². The third kappa shape index (κ3) is 3.38. The predicted octanol–water partition coefficient (Wildman–Crippen LogP) is 3.38. The van der Waals surface area contributed by atoms with E-state index in [1.807, 2.05) is 36.4 Å². The SMILES string of the molecule is O=c1ccc2ccc([C@@H](O)CCl)c(OCc3ccccc3)c2[nH]1. The smallest absolute Gasteiger partial charge is 0.248 e. The van der Waals surface area contributed by atoms with Crippen LogP contribution in [0.3, 0.4) is 0 Å². The molecule has 0 aliphatic carbocycles. The topological polar surface area (TPSA) is 62.3 Å². The second kappa shape index (κ2) is 6.86. The normalized spacial score (nSPS) is 12.3. The summed E-state index contributed by atoms with van der Waals surface area (Å²) in [4.78, 5) is 14.4. The zero-order valence-corrected chi connectivity index (χ0v) is 13.1. The molecule has 0 fully saturated rings. The Morgan fingerprint density at radius 1 is 1.09 bits per heavy atom. The summed E-state index contributed by atoms with van der Waals surface area (Å²) in [6.07, 6.45) is -0.865. The number of ether oxygens (including phenoxy) is 1. The first kappa shape index (κ1) is 15.6. The van der Waals surface area contributed by atoms with Crippen LogP contribution in [-0.2, 0) is 6.61 Å². The minimum Gasteiger partial charge on any atom is -0.486 e. The predicted molar refractivity (Wildman–Crippen MR) is 91.0 cm³/mol. The number of hydrogen-bond acceptors (Lipinski definition) is 3. The van der Waals surface area contributed by atoms with E-state index in [1.54, 1.807) is 12.1 Å². The van der Waals surface area contributed by atoms with Crippen molar-refractivity contribution in [2.24, 2.45) is 0 Å². The summed E-state index contributed by atoms with van der Waals surface area (Å²) < 4.78 is 5.93. The Hall–Kier alpha value is -2.30. The van der Waals surface area contributed by atoms with Crippen LogP contribution < -0.4 is 10.3 Å². The summed E-state index contributed by atoms with van der Waals surface area (Å²) in [5, 5.41) is 11.0. The molecule has 1 atom stereocenters. The number of rotatable bonds is 5. The highest BCUT2D eigenvalue weighted by molar-refractivity contribution is 6.18. The molecule has 0 spiro atoms. The Kier molecular flexibility index (Phi) is 4.65. The molecule has 1 heterocycles. The Morgan fingerprint density at radius 2 is 1.83 bits per heavy atom. The molecule has 0 bridgehead atoms. The molecule has 1 aromatic heterocycles. The Morgan fingerprint density at radius 3 is 2.57 bits per heavy atom. The van der Waals surface area contributed by atoms with E-state index in [1.165, 1.54) is 6.07 Å². The first-order valence-electron chi connectivity index (χ1n) is 7.25. The highest BCUT2D eigenvalue weighted by atomic mass is 35.5. The van der Waals surface area contributed by atoms with Crippen LogP contribution in [0.4, 0.5) is 0 Å². The van der Waals surface area contributed by atoms with E-state index < -0.39 is 6.10 Å². The third-order valence-corrected chi connectivity index (χ3v) is 3.91. The average Bonchev–Trinajstić information content (AvgIpc) is 2.59. The van der Waals surface area contributed by atoms with E-state index >= 15 is 0 Å². The molecular weight excluding hydrogens is 314 g/mol. The van der Waals surface area contributed by atoms with Gasteiger partial charge in [0.15, 0.2) is 0 Å². The molecule has 0 radical (unpaired) electrons. The summed E-state index contributed by atoms with van der Waals surface area (Å²) in [6, 6.07) is 16.5. The number of aromatic amines is 1. The number of fused-ring (bicyclic) bond motifs is 1. The second-order valence-electron chi connectivity index (χ2n) is 5.22. The van der Waals surface area contributed by atoms with Crippen LogP contribution in [0.1, 0.15) is 17.2 Å². The van der Waals surface area contributed by atoms with Gasteiger partial charge in [-0.3, -0.25) is 4.79 Å². The van der Waals surface area contributed by atoms with Gasteiger partial charge in [0.05, 0.1) is 17.5 Å². The van der Waals surface area contributed by atoms with Gasteiger partial charge < -0.3 is 14.8 Å². The molecule has 0 aliphatic rings. The number of alkyl halides is 1. The van der Waals surface area contributed by atoms with E-state index in [-0.39, 0.29) is 11.4 Å². The van der Waals surface area contributed by atoms with Crippen LogP contribution in [0.25, 0.3) is 10.9 Å². The summed E-state index contributed by atoms with van der Waals surface area (Å²) >= 11 is 5.78. The van der Waals surface area contributed by atoms with Crippen molar-refractivity contribution in [2.45, 2.75) is 12.7 Å². The van der Waals surface area contributed by atoms with Crippen LogP contribution in [0.15, 0.2) is 59.4 Å². The zero-order chi connectivity index (χ0) is 16.2. The molecular formula is C18H16ClNO3. The number of aliphatic hydroxyl groups excluding tert-OH is 1. The standard InChI is InChI=1S/C18H16ClNO3/c19-10-15(21)14-8-6-13-7-9-16(22)20-17(13)18(14)23-11-12-4-2-1-3-5-12/h1-9,15,21H,10-11H2,(H,20,22)/t15-/m0/s1. The Bertz CT molecular complexity index is 861. The summed E-state index contributed by atoms with van der Waals surface area (Å²) in [5.41, 5.74) is 1.90. The van der Waals surface area contributed by atoms with E-state index in [0.29, 0.717) is 23.4 Å². The number of benzene rings is 2. The van der Waals surface area contributed by atoms with Gasteiger partial charge in [-0.15, -0.1) is 11.6 Å². The quantitative estimate of drug-likeness (QED) is 0.705. The first-order chi connectivity index (χ1) is 11.2. The molecule has 4 nitrogen and oxygen atoms in total. The lowest BCUT2D eigenvalue weighted by molar-refractivity contribution is 0.194. The van der Waals surface area contributed by atoms with Gasteiger partial charge in [0.1, 0.15) is 12.4 Å². The molecule has 0 saturated carbocycles. The average molecular weight is 330 g/mol. The molecule has 118 valence electrons. The zero-order valence-electron chi connectivity index (χ0n) is 12.3. The lowest BCUT2D eigenvalue weighted by atomic mass is 10.1. The largest absolute Gasteiger partial charge is 0.486 e. The van der Waals surface area contributed by atoms with Gasteiger partial charge in [-0.25, -0.2) is 0 Å². The molecule has 0 unspecified atom stereocenters. The molecule has 2 aromatic carbocycles. The molecule has 0 amide bonds.